The van der Waals surface area contributed by atoms with Gasteiger partial charge in [0.1, 0.15) is 6.54 Å². The second-order valence-electron chi connectivity index (χ2n) is 4.45. The molecule has 1 aliphatic rings. The number of amides is 1. The van der Waals surface area contributed by atoms with Gasteiger partial charge in [-0.05, 0) is 25.5 Å². The predicted molar refractivity (Wildman–Crippen MR) is 66.6 cm³/mol. The number of rotatable bonds is 5. The summed E-state index contributed by atoms with van der Waals surface area (Å²) in [6.45, 7) is 0.987. The van der Waals surface area contributed by atoms with Gasteiger partial charge in [0.15, 0.2) is 0 Å². The molecule has 18 heavy (non-hydrogen) atoms. The van der Waals surface area contributed by atoms with E-state index in [-0.39, 0.29) is 0 Å². The third-order valence-electron chi connectivity index (χ3n) is 2.78. The fraction of sp³-hybridized carbons (Fsp3) is 0.909. The molecule has 3 nitrogen and oxygen atoms in total. The SMILES string of the molecule is CC(NCC1CCCCS1)C(=O)NCC(F)(F)F. The highest BCUT2D eigenvalue weighted by Crippen LogP contribution is 2.24. The van der Waals surface area contributed by atoms with Crippen molar-refractivity contribution in [2.45, 2.75) is 43.7 Å². The highest BCUT2D eigenvalue weighted by Gasteiger charge is 2.28. The lowest BCUT2D eigenvalue weighted by molar-refractivity contribution is -0.139. The molecule has 0 aromatic rings. The number of carbonyl (C=O) groups excluding carboxylic acids is 1. The Kier molecular flexibility index (Phi) is 6.28. The summed E-state index contributed by atoms with van der Waals surface area (Å²) in [7, 11) is 0. The summed E-state index contributed by atoms with van der Waals surface area (Å²) in [6.07, 6.45) is -0.833. The van der Waals surface area contributed by atoms with Crippen molar-refractivity contribution in [3.05, 3.63) is 0 Å². The molecular formula is C11H19F3N2OS. The van der Waals surface area contributed by atoms with Crippen LogP contribution in [0, 0.1) is 0 Å². The van der Waals surface area contributed by atoms with Crippen LogP contribution in [-0.2, 0) is 4.79 Å². The maximum atomic E-state index is 11.9. The number of nitrogens with one attached hydrogen (secondary N) is 2. The van der Waals surface area contributed by atoms with E-state index in [0.29, 0.717) is 11.8 Å². The molecule has 0 saturated carbocycles. The van der Waals surface area contributed by atoms with E-state index in [1.54, 1.807) is 6.92 Å². The molecule has 1 aliphatic heterocycles. The van der Waals surface area contributed by atoms with Crippen LogP contribution in [0.3, 0.4) is 0 Å². The Bertz CT molecular complexity index is 268. The molecule has 106 valence electrons. The Labute approximate surface area is 109 Å². The molecule has 1 rings (SSSR count). The third-order valence-corrected chi connectivity index (χ3v) is 4.18. The van der Waals surface area contributed by atoms with E-state index in [2.05, 4.69) is 5.32 Å². The van der Waals surface area contributed by atoms with Crippen molar-refractivity contribution in [2.75, 3.05) is 18.8 Å². The summed E-state index contributed by atoms with van der Waals surface area (Å²) < 4.78 is 35.8. The van der Waals surface area contributed by atoms with Crippen molar-refractivity contribution in [3.8, 4) is 0 Å². The molecule has 0 aliphatic carbocycles. The average molecular weight is 284 g/mol. The molecule has 0 radical (unpaired) electrons. The minimum atomic E-state index is -4.35. The van der Waals surface area contributed by atoms with E-state index in [1.807, 2.05) is 17.1 Å². The molecule has 2 atom stereocenters. The molecule has 1 fully saturated rings. The number of halogens is 3. The molecule has 0 bridgehead atoms. The van der Waals surface area contributed by atoms with Gasteiger partial charge in [0, 0.05) is 11.8 Å². The van der Waals surface area contributed by atoms with Crippen molar-refractivity contribution in [1.29, 1.82) is 0 Å². The number of thioether (sulfide) groups is 1. The van der Waals surface area contributed by atoms with E-state index in [9.17, 15) is 18.0 Å². The van der Waals surface area contributed by atoms with E-state index >= 15 is 0 Å². The maximum Gasteiger partial charge on any atom is 0.405 e. The van der Waals surface area contributed by atoms with Gasteiger partial charge in [-0.2, -0.15) is 24.9 Å². The molecule has 1 saturated heterocycles. The molecule has 7 heteroatoms. The fourth-order valence-corrected chi connectivity index (χ4v) is 2.96. The lowest BCUT2D eigenvalue weighted by Gasteiger charge is -2.23. The van der Waals surface area contributed by atoms with E-state index in [0.717, 1.165) is 12.2 Å². The summed E-state index contributed by atoms with van der Waals surface area (Å²) in [5.41, 5.74) is 0. The number of alkyl halides is 3. The van der Waals surface area contributed by atoms with Gasteiger partial charge in [-0.3, -0.25) is 4.79 Å². The second-order valence-corrected chi connectivity index (χ2v) is 5.86. The van der Waals surface area contributed by atoms with E-state index < -0.39 is 24.7 Å². The van der Waals surface area contributed by atoms with Crippen molar-refractivity contribution < 1.29 is 18.0 Å². The van der Waals surface area contributed by atoms with Crippen LogP contribution >= 0.6 is 11.8 Å². The summed E-state index contributed by atoms with van der Waals surface area (Å²) in [5.74, 6) is 0.522. The Balaban J connectivity index is 2.18. The summed E-state index contributed by atoms with van der Waals surface area (Å²) >= 11 is 1.86. The summed E-state index contributed by atoms with van der Waals surface area (Å²) in [4.78, 5) is 11.4. The molecule has 0 spiro atoms. The Morgan fingerprint density at radius 1 is 1.44 bits per heavy atom. The van der Waals surface area contributed by atoms with Crippen LogP contribution in [0.25, 0.3) is 0 Å². The highest BCUT2D eigenvalue weighted by atomic mass is 32.2. The second kappa shape index (κ2) is 7.23. The number of carbonyl (C=O) groups is 1. The quantitative estimate of drug-likeness (QED) is 0.810. The first-order valence-electron chi connectivity index (χ1n) is 6.08. The standard InChI is InChI=1S/C11H19F3N2OS/c1-8(10(17)16-7-11(12,13)14)15-6-9-4-2-3-5-18-9/h8-9,15H,2-7H2,1H3,(H,16,17). The first-order valence-corrected chi connectivity index (χ1v) is 7.13. The lowest BCUT2D eigenvalue weighted by atomic mass is 10.2. The van der Waals surface area contributed by atoms with Crippen LogP contribution in [0.2, 0.25) is 0 Å². The average Bonchev–Trinajstić information content (AvgIpc) is 2.33. The van der Waals surface area contributed by atoms with E-state index in [4.69, 9.17) is 0 Å². The topological polar surface area (TPSA) is 41.1 Å². The predicted octanol–water partition coefficient (Wildman–Crippen LogP) is 1.93. The fourth-order valence-electron chi connectivity index (χ4n) is 1.71. The van der Waals surface area contributed by atoms with Gasteiger partial charge in [-0.15, -0.1) is 0 Å². The van der Waals surface area contributed by atoms with Gasteiger partial charge in [-0.25, -0.2) is 0 Å². The smallest absolute Gasteiger partial charge is 0.346 e. The normalized spacial score (nSPS) is 22.6. The zero-order valence-electron chi connectivity index (χ0n) is 10.3. The molecule has 2 unspecified atom stereocenters. The van der Waals surface area contributed by atoms with Crippen molar-refractivity contribution in [2.24, 2.45) is 0 Å². The molecular weight excluding hydrogens is 265 g/mol. The summed E-state index contributed by atoms with van der Waals surface area (Å²) in [5, 5.41) is 5.33. The zero-order valence-corrected chi connectivity index (χ0v) is 11.2. The van der Waals surface area contributed by atoms with Gasteiger partial charge in [0.2, 0.25) is 5.91 Å². The van der Waals surface area contributed by atoms with Crippen molar-refractivity contribution in [1.82, 2.24) is 10.6 Å². The maximum absolute atomic E-state index is 11.9. The van der Waals surface area contributed by atoms with Gasteiger partial charge in [0.25, 0.3) is 0 Å². The van der Waals surface area contributed by atoms with Crippen LogP contribution < -0.4 is 10.6 Å². The number of hydrogen-bond donors (Lipinski definition) is 2. The van der Waals surface area contributed by atoms with Crippen LogP contribution in [0.4, 0.5) is 13.2 Å². The molecule has 0 aromatic carbocycles. The van der Waals surface area contributed by atoms with Crippen LogP contribution in [0.5, 0.6) is 0 Å². The minimum absolute atomic E-state index is 0.469. The number of hydrogen-bond acceptors (Lipinski definition) is 3. The van der Waals surface area contributed by atoms with Gasteiger partial charge in [-0.1, -0.05) is 6.42 Å². The minimum Gasteiger partial charge on any atom is -0.346 e. The Hall–Kier alpha value is -0.430. The Morgan fingerprint density at radius 3 is 2.72 bits per heavy atom. The molecule has 1 amide bonds. The molecule has 1 heterocycles. The highest BCUT2D eigenvalue weighted by molar-refractivity contribution is 7.99. The van der Waals surface area contributed by atoms with Crippen LogP contribution in [-0.4, -0.2) is 42.2 Å². The van der Waals surface area contributed by atoms with Crippen molar-refractivity contribution >= 4 is 17.7 Å². The third kappa shape index (κ3) is 6.49. The first kappa shape index (κ1) is 15.6. The molecule has 2 N–H and O–H groups in total. The van der Waals surface area contributed by atoms with Crippen molar-refractivity contribution in [3.63, 3.8) is 0 Å². The van der Waals surface area contributed by atoms with Gasteiger partial charge < -0.3 is 10.6 Å². The summed E-state index contributed by atoms with van der Waals surface area (Å²) in [6, 6.07) is -0.588. The van der Waals surface area contributed by atoms with Gasteiger partial charge >= 0.3 is 6.18 Å². The van der Waals surface area contributed by atoms with Crippen LogP contribution in [0.15, 0.2) is 0 Å². The lowest BCUT2D eigenvalue weighted by Crippen LogP contribution is -2.46. The van der Waals surface area contributed by atoms with Crippen LogP contribution in [0.1, 0.15) is 26.2 Å². The largest absolute Gasteiger partial charge is 0.405 e. The Morgan fingerprint density at radius 2 is 2.17 bits per heavy atom. The zero-order chi connectivity index (χ0) is 13.6. The monoisotopic (exact) mass is 284 g/mol. The molecule has 0 aromatic heterocycles. The van der Waals surface area contributed by atoms with Gasteiger partial charge in [0.05, 0.1) is 6.04 Å². The first-order chi connectivity index (χ1) is 8.38. The van der Waals surface area contributed by atoms with E-state index in [1.165, 1.54) is 12.8 Å².